The highest BCUT2D eigenvalue weighted by atomic mass is 35.5. The smallest absolute Gasteiger partial charge is 0.251 e. The SMILES string of the molecule is CCC(Cl)CCNC(=O)c1ccc(Cl)c(Cl)c1. The fourth-order valence-corrected chi connectivity index (χ4v) is 1.69. The Bertz CT molecular complexity index is 395. The summed E-state index contributed by atoms with van der Waals surface area (Å²) in [5.74, 6) is -0.163. The van der Waals surface area contributed by atoms with Gasteiger partial charge in [-0.1, -0.05) is 30.1 Å². The highest BCUT2D eigenvalue weighted by molar-refractivity contribution is 6.42. The molecule has 1 amide bonds. The lowest BCUT2D eigenvalue weighted by molar-refractivity contribution is 0.0953. The molecule has 0 saturated carbocycles. The van der Waals surface area contributed by atoms with Crippen LogP contribution in [-0.2, 0) is 0 Å². The lowest BCUT2D eigenvalue weighted by atomic mass is 10.2. The van der Waals surface area contributed by atoms with E-state index in [1.807, 2.05) is 6.92 Å². The zero-order valence-electron chi connectivity index (χ0n) is 9.47. The second-order valence-corrected chi connectivity index (χ2v) is 5.11. The Balaban J connectivity index is 2.50. The highest BCUT2D eigenvalue weighted by Crippen LogP contribution is 2.22. The monoisotopic (exact) mass is 293 g/mol. The molecule has 0 bridgehead atoms. The van der Waals surface area contributed by atoms with Gasteiger partial charge in [0.1, 0.15) is 0 Å². The molecule has 0 aliphatic carbocycles. The molecule has 2 nitrogen and oxygen atoms in total. The molecule has 1 atom stereocenters. The molecule has 1 unspecified atom stereocenters. The molecule has 1 aromatic rings. The third-order valence-electron chi connectivity index (χ3n) is 2.37. The molecule has 0 radical (unpaired) electrons. The van der Waals surface area contributed by atoms with Crippen molar-refractivity contribution < 1.29 is 4.79 Å². The van der Waals surface area contributed by atoms with E-state index >= 15 is 0 Å². The Kier molecular flexibility index (Phi) is 6.10. The molecule has 0 aromatic heterocycles. The van der Waals surface area contributed by atoms with Crippen LogP contribution in [0.3, 0.4) is 0 Å². The average Bonchev–Trinajstić information content (AvgIpc) is 2.32. The molecule has 5 heteroatoms. The summed E-state index contributed by atoms with van der Waals surface area (Å²) in [4.78, 5) is 11.7. The second-order valence-electron chi connectivity index (χ2n) is 3.68. The number of rotatable bonds is 5. The van der Waals surface area contributed by atoms with Gasteiger partial charge in [-0.25, -0.2) is 0 Å². The third kappa shape index (κ3) is 4.74. The van der Waals surface area contributed by atoms with Crippen LogP contribution >= 0.6 is 34.8 Å². The first-order valence-electron chi connectivity index (χ1n) is 5.42. The van der Waals surface area contributed by atoms with E-state index in [1.165, 1.54) is 0 Å². The Labute approximate surface area is 116 Å². The Morgan fingerprint density at radius 3 is 2.65 bits per heavy atom. The average molecular weight is 295 g/mol. The van der Waals surface area contributed by atoms with Crippen LogP contribution in [0.25, 0.3) is 0 Å². The summed E-state index contributed by atoms with van der Waals surface area (Å²) < 4.78 is 0. The van der Waals surface area contributed by atoms with Crippen molar-refractivity contribution in [3.8, 4) is 0 Å². The van der Waals surface area contributed by atoms with Crippen LogP contribution in [0.4, 0.5) is 0 Å². The first-order valence-corrected chi connectivity index (χ1v) is 6.61. The van der Waals surface area contributed by atoms with Gasteiger partial charge in [-0.15, -0.1) is 11.6 Å². The molecule has 1 aromatic carbocycles. The van der Waals surface area contributed by atoms with E-state index in [1.54, 1.807) is 18.2 Å². The zero-order valence-corrected chi connectivity index (χ0v) is 11.7. The van der Waals surface area contributed by atoms with E-state index in [0.717, 1.165) is 12.8 Å². The summed E-state index contributed by atoms with van der Waals surface area (Å²) in [7, 11) is 0. The maximum atomic E-state index is 11.7. The molecule has 94 valence electrons. The molecule has 0 heterocycles. The zero-order chi connectivity index (χ0) is 12.8. The molecular formula is C12H14Cl3NO. The van der Waals surface area contributed by atoms with Crippen molar-refractivity contribution in [1.29, 1.82) is 0 Å². The number of hydrogen-bond donors (Lipinski definition) is 1. The Hall–Kier alpha value is -0.440. The summed E-state index contributed by atoms with van der Waals surface area (Å²) >= 11 is 17.6. The van der Waals surface area contributed by atoms with Gasteiger partial charge in [-0.2, -0.15) is 0 Å². The number of alkyl halides is 1. The van der Waals surface area contributed by atoms with Crippen LogP contribution in [0.1, 0.15) is 30.1 Å². The predicted molar refractivity (Wildman–Crippen MR) is 73.3 cm³/mol. The van der Waals surface area contributed by atoms with Gasteiger partial charge < -0.3 is 5.32 Å². The van der Waals surface area contributed by atoms with Gasteiger partial charge in [0, 0.05) is 17.5 Å². The molecule has 1 rings (SSSR count). The number of amides is 1. The van der Waals surface area contributed by atoms with E-state index in [9.17, 15) is 4.79 Å². The maximum absolute atomic E-state index is 11.7. The van der Waals surface area contributed by atoms with Crippen LogP contribution in [0, 0.1) is 0 Å². The van der Waals surface area contributed by atoms with Gasteiger partial charge in [-0.3, -0.25) is 4.79 Å². The van der Waals surface area contributed by atoms with Gasteiger partial charge >= 0.3 is 0 Å². The van der Waals surface area contributed by atoms with E-state index < -0.39 is 0 Å². The van der Waals surface area contributed by atoms with Crippen molar-refractivity contribution >= 4 is 40.7 Å². The minimum Gasteiger partial charge on any atom is -0.352 e. The van der Waals surface area contributed by atoms with Crippen molar-refractivity contribution in [1.82, 2.24) is 5.32 Å². The van der Waals surface area contributed by atoms with Crippen molar-refractivity contribution in [2.75, 3.05) is 6.54 Å². The van der Waals surface area contributed by atoms with Crippen LogP contribution < -0.4 is 5.32 Å². The van der Waals surface area contributed by atoms with Crippen LogP contribution in [0.2, 0.25) is 10.0 Å². The molecule has 1 N–H and O–H groups in total. The molecular weight excluding hydrogens is 280 g/mol. The topological polar surface area (TPSA) is 29.1 Å². The number of carbonyl (C=O) groups is 1. The number of nitrogens with one attached hydrogen (secondary N) is 1. The van der Waals surface area contributed by atoms with Gasteiger partial charge in [0.05, 0.1) is 10.0 Å². The largest absolute Gasteiger partial charge is 0.352 e. The summed E-state index contributed by atoms with van der Waals surface area (Å²) in [6.07, 6.45) is 1.65. The van der Waals surface area contributed by atoms with Crippen LogP contribution in [0.15, 0.2) is 18.2 Å². The lowest BCUT2D eigenvalue weighted by Gasteiger charge is -2.08. The molecule has 0 spiro atoms. The molecule has 0 fully saturated rings. The first-order chi connectivity index (χ1) is 8.04. The Morgan fingerprint density at radius 2 is 2.06 bits per heavy atom. The minimum atomic E-state index is -0.163. The summed E-state index contributed by atoms with van der Waals surface area (Å²) in [6, 6.07) is 4.80. The summed E-state index contributed by atoms with van der Waals surface area (Å²) in [5, 5.41) is 3.70. The number of halogens is 3. The van der Waals surface area contributed by atoms with E-state index in [4.69, 9.17) is 34.8 Å². The van der Waals surface area contributed by atoms with Crippen molar-refractivity contribution in [2.45, 2.75) is 25.1 Å². The van der Waals surface area contributed by atoms with Gasteiger partial charge in [-0.05, 0) is 31.0 Å². The van der Waals surface area contributed by atoms with Gasteiger partial charge in [0.25, 0.3) is 5.91 Å². The molecule has 0 saturated heterocycles. The fraction of sp³-hybridized carbons (Fsp3) is 0.417. The lowest BCUT2D eigenvalue weighted by Crippen LogP contribution is -2.26. The predicted octanol–water partition coefficient (Wildman–Crippen LogP) is 4.13. The van der Waals surface area contributed by atoms with Crippen LogP contribution in [-0.4, -0.2) is 17.8 Å². The van der Waals surface area contributed by atoms with Crippen LogP contribution in [0.5, 0.6) is 0 Å². The summed E-state index contributed by atoms with van der Waals surface area (Å²) in [5.41, 5.74) is 0.502. The van der Waals surface area contributed by atoms with E-state index in [0.29, 0.717) is 22.2 Å². The number of benzene rings is 1. The standard InChI is InChI=1S/C12H14Cl3NO/c1-2-9(13)5-6-16-12(17)8-3-4-10(14)11(15)7-8/h3-4,7,9H,2,5-6H2,1H3,(H,16,17). The van der Waals surface area contributed by atoms with Gasteiger partial charge in [0.15, 0.2) is 0 Å². The molecule has 0 aliphatic heterocycles. The quantitative estimate of drug-likeness (QED) is 0.813. The van der Waals surface area contributed by atoms with E-state index in [2.05, 4.69) is 5.32 Å². The Morgan fingerprint density at radius 1 is 1.35 bits per heavy atom. The summed E-state index contributed by atoms with van der Waals surface area (Å²) in [6.45, 7) is 2.57. The van der Waals surface area contributed by atoms with Crippen molar-refractivity contribution in [2.24, 2.45) is 0 Å². The first kappa shape index (κ1) is 14.6. The number of hydrogen-bond acceptors (Lipinski definition) is 1. The van der Waals surface area contributed by atoms with E-state index in [-0.39, 0.29) is 11.3 Å². The second kappa shape index (κ2) is 7.10. The normalized spacial score (nSPS) is 12.2. The molecule has 17 heavy (non-hydrogen) atoms. The van der Waals surface area contributed by atoms with Gasteiger partial charge in [0.2, 0.25) is 0 Å². The third-order valence-corrected chi connectivity index (χ3v) is 3.63. The van der Waals surface area contributed by atoms with Crippen molar-refractivity contribution in [3.63, 3.8) is 0 Å². The maximum Gasteiger partial charge on any atom is 0.251 e. The van der Waals surface area contributed by atoms with Crippen molar-refractivity contribution in [3.05, 3.63) is 33.8 Å². The number of carbonyl (C=O) groups excluding carboxylic acids is 1. The molecule has 0 aliphatic rings. The highest BCUT2D eigenvalue weighted by Gasteiger charge is 2.08. The minimum absolute atomic E-state index is 0.101. The fourth-order valence-electron chi connectivity index (χ4n) is 1.29.